The van der Waals surface area contributed by atoms with E-state index in [1.807, 2.05) is 24.3 Å². The van der Waals surface area contributed by atoms with Crippen molar-refractivity contribution in [3.63, 3.8) is 0 Å². The number of hydrogen-bond acceptors (Lipinski definition) is 3. The lowest BCUT2D eigenvalue weighted by Gasteiger charge is -2.18. The van der Waals surface area contributed by atoms with Crippen molar-refractivity contribution in [2.24, 2.45) is 0 Å². The fraction of sp³-hybridized carbons (Fsp3) is 0.316. The molecule has 0 aliphatic carbocycles. The summed E-state index contributed by atoms with van der Waals surface area (Å²) in [5.41, 5.74) is 2.49. The van der Waals surface area contributed by atoms with E-state index >= 15 is 0 Å². The predicted octanol–water partition coefficient (Wildman–Crippen LogP) is 4.74. The summed E-state index contributed by atoms with van der Waals surface area (Å²) in [5.74, 6) is -0.224. The minimum atomic E-state index is -0.196. The Morgan fingerprint density at radius 3 is 2.25 bits per heavy atom. The van der Waals surface area contributed by atoms with Gasteiger partial charge in [0, 0.05) is 18.4 Å². The molecule has 0 aliphatic heterocycles. The van der Waals surface area contributed by atoms with E-state index in [9.17, 15) is 9.59 Å². The Kier molecular flexibility index (Phi) is 5.89. The first-order chi connectivity index (χ1) is 11.3. The number of rotatable bonds is 5. The Labute approximate surface area is 150 Å². The fourth-order valence-corrected chi connectivity index (χ4v) is 2.44. The Morgan fingerprint density at radius 1 is 1.04 bits per heavy atom. The van der Waals surface area contributed by atoms with Crippen molar-refractivity contribution in [1.29, 1.82) is 0 Å². The van der Waals surface area contributed by atoms with E-state index in [4.69, 9.17) is 0 Å². The van der Waals surface area contributed by atoms with Crippen LogP contribution >= 0.6 is 15.9 Å². The topological polar surface area (TPSA) is 59.1 Å². The summed E-state index contributed by atoms with van der Waals surface area (Å²) < 4.78 is 0.703. The summed E-state index contributed by atoms with van der Waals surface area (Å²) >= 11 is 3.24. The molecule has 2 aromatic rings. The van der Waals surface area contributed by atoms with E-state index in [1.54, 1.807) is 18.3 Å². The van der Waals surface area contributed by atoms with Crippen LogP contribution in [-0.2, 0) is 10.2 Å². The first-order valence-corrected chi connectivity index (χ1v) is 8.60. The lowest BCUT2D eigenvalue weighted by Crippen LogP contribution is -2.14. The summed E-state index contributed by atoms with van der Waals surface area (Å²) in [6.45, 7) is 6.39. The van der Waals surface area contributed by atoms with Crippen molar-refractivity contribution in [3.05, 3.63) is 58.3 Å². The molecule has 0 aliphatic rings. The summed E-state index contributed by atoms with van der Waals surface area (Å²) in [4.78, 5) is 28.2. The monoisotopic (exact) mass is 388 g/mol. The second kappa shape index (κ2) is 7.71. The lowest BCUT2D eigenvalue weighted by atomic mass is 9.86. The van der Waals surface area contributed by atoms with E-state index in [0.717, 1.165) is 0 Å². The Bertz CT molecular complexity index is 717. The number of aromatic nitrogens is 1. The van der Waals surface area contributed by atoms with Crippen LogP contribution in [0.3, 0.4) is 0 Å². The van der Waals surface area contributed by atoms with Crippen LogP contribution in [0.25, 0.3) is 0 Å². The van der Waals surface area contributed by atoms with Crippen molar-refractivity contribution >= 4 is 33.3 Å². The van der Waals surface area contributed by atoms with Gasteiger partial charge in [0.2, 0.25) is 5.91 Å². The van der Waals surface area contributed by atoms with Crippen LogP contribution in [0.2, 0.25) is 0 Å². The summed E-state index contributed by atoms with van der Waals surface area (Å²) in [6.07, 6.45) is 1.90. The molecule has 2 rings (SSSR count). The zero-order chi connectivity index (χ0) is 17.7. The molecule has 1 aromatic heterocycles. The van der Waals surface area contributed by atoms with E-state index in [1.165, 1.54) is 5.56 Å². The minimum Gasteiger partial charge on any atom is -0.325 e. The number of pyridine rings is 1. The SMILES string of the molecule is CC(C)(C)c1ccc(C(=O)CCC(=O)Nc2ccc(Br)nc2)cc1. The molecule has 4 nitrogen and oxygen atoms in total. The molecule has 0 saturated carbocycles. The number of Topliss-reactive ketones (excluding diaryl/α,β-unsaturated/α-hetero) is 1. The van der Waals surface area contributed by atoms with Crippen molar-refractivity contribution in [2.45, 2.75) is 39.0 Å². The third kappa shape index (κ3) is 5.27. The molecule has 0 atom stereocenters. The van der Waals surface area contributed by atoms with Gasteiger partial charge in [-0.05, 0) is 39.0 Å². The Hall–Kier alpha value is -2.01. The zero-order valence-corrected chi connectivity index (χ0v) is 15.7. The molecule has 1 heterocycles. The average Bonchev–Trinajstić information content (AvgIpc) is 2.54. The molecule has 0 unspecified atom stereocenters. The highest BCUT2D eigenvalue weighted by Crippen LogP contribution is 2.22. The fourth-order valence-electron chi connectivity index (χ4n) is 2.20. The highest BCUT2D eigenvalue weighted by Gasteiger charge is 2.15. The van der Waals surface area contributed by atoms with Gasteiger partial charge in [0.05, 0.1) is 11.9 Å². The van der Waals surface area contributed by atoms with Crippen LogP contribution in [0.15, 0.2) is 47.2 Å². The van der Waals surface area contributed by atoms with Gasteiger partial charge in [-0.3, -0.25) is 9.59 Å². The number of carbonyl (C=O) groups excluding carboxylic acids is 2. The van der Waals surface area contributed by atoms with Gasteiger partial charge in [0.1, 0.15) is 4.60 Å². The maximum atomic E-state index is 12.2. The van der Waals surface area contributed by atoms with Crippen LogP contribution in [0.1, 0.15) is 49.5 Å². The summed E-state index contributed by atoms with van der Waals surface area (Å²) in [7, 11) is 0. The number of halogens is 1. The van der Waals surface area contributed by atoms with E-state index < -0.39 is 0 Å². The van der Waals surface area contributed by atoms with Crippen LogP contribution in [0.5, 0.6) is 0 Å². The van der Waals surface area contributed by atoms with Crippen molar-refractivity contribution in [1.82, 2.24) is 4.98 Å². The molecular weight excluding hydrogens is 368 g/mol. The van der Waals surface area contributed by atoms with Gasteiger partial charge in [0.25, 0.3) is 0 Å². The number of carbonyl (C=O) groups is 2. The normalized spacial score (nSPS) is 11.2. The van der Waals surface area contributed by atoms with Gasteiger partial charge >= 0.3 is 0 Å². The minimum absolute atomic E-state index is 0.0282. The van der Waals surface area contributed by atoms with Crippen LogP contribution in [0.4, 0.5) is 5.69 Å². The van der Waals surface area contributed by atoms with Gasteiger partial charge in [-0.25, -0.2) is 4.98 Å². The van der Waals surface area contributed by atoms with E-state index in [0.29, 0.717) is 15.9 Å². The number of hydrogen-bond donors (Lipinski definition) is 1. The lowest BCUT2D eigenvalue weighted by molar-refractivity contribution is -0.116. The van der Waals surface area contributed by atoms with E-state index in [-0.39, 0.29) is 29.9 Å². The number of ketones is 1. The standard InChI is InChI=1S/C19H21BrN2O2/c1-19(2,3)14-6-4-13(5-7-14)16(23)9-11-18(24)22-15-8-10-17(20)21-12-15/h4-8,10,12H,9,11H2,1-3H3,(H,22,24). The third-order valence-corrected chi connectivity index (χ3v) is 4.13. The third-order valence-electron chi connectivity index (χ3n) is 3.66. The quantitative estimate of drug-likeness (QED) is 0.594. The first-order valence-electron chi connectivity index (χ1n) is 7.81. The highest BCUT2D eigenvalue weighted by atomic mass is 79.9. The van der Waals surface area contributed by atoms with E-state index in [2.05, 4.69) is 47.0 Å². The molecule has 0 radical (unpaired) electrons. The van der Waals surface area contributed by atoms with Gasteiger partial charge < -0.3 is 5.32 Å². The van der Waals surface area contributed by atoms with Crippen molar-refractivity contribution in [3.8, 4) is 0 Å². The number of nitrogens with zero attached hydrogens (tertiary/aromatic N) is 1. The molecule has 1 amide bonds. The Morgan fingerprint density at radius 2 is 1.71 bits per heavy atom. The maximum absolute atomic E-state index is 12.2. The van der Waals surface area contributed by atoms with Crippen LogP contribution < -0.4 is 5.32 Å². The smallest absolute Gasteiger partial charge is 0.224 e. The van der Waals surface area contributed by atoms with Gasteiger partial charge in [-0.2, -0.15) is 0 Å². The first kappa shape index (κ1) is 18.3. The largest absolute Gasteiger partial charge is 0.325 e. The molecule has 24 heavy (non-hydrogen) atoms. The number of nitrogens with one attached hydrogen (secondary N) is 1. The zero-order valence-electron chi connectivity index (χ0n) is 14.1. The molecule has 1 N–H and O–H groups in total. The second-order valence-electron chi connectivity index (χ2n) is 6.67. The summed E-state index contributed by atoms with van der Waals surface area (Å²) in [6, 6.07) is 11.1. The number of amides is 1. The molecule has 1 aromatic carbocycles. The molecular formula is C19H21BrN2O2. The highest BCUT2D eigenvalue weighted by molar-refractivity contribution is 9.10. The van der Waals surface area contributed by atoms with Gasteiger partial charge in [-0.1, -0.05) is 45.0 Å². The van der Waals surface area contributed by atoms with Crippen molar-refractivity contribution in [2.75, 3.05) is 5.32 Å². The molecule has 0 bridgehead atoms. The van der Waals surface area contributed by atoms with Gasteiger partial charge in [0.15, 0.2) is 5.78 Å². The molecule has 0 fully saturated rings. The second-order valence-corrected chi connectivity index (χ2v) is 7.48. The molecule has 0 spiro atoms. The Balaban J connectivity index is 1.88. The van der Waals surface area contributed by atoms with Crippen LogP contribution in [-0.4, -0.2) is 16.7 Å². The molecule has 126 valence electrons. The number of anilines is 1. The van der Waals surface area contributed by atoms with Crippen molar-refractivity contribution < 1.29 is 9.59 Å². The van der Waals surface area contributed by atoms with Crippen LogP contribution in [0, 0.1) is 0 Å². The maximum Gasteiger partial charge on any atom is 0.224 e. The number of benzene rings is 1. The molecule has 0 saturated heterocycles. The average molecular weight is 389 g/mol. The molecule has 5 heteroatoms. The van der Waals surface area contributed by atoms with Gasteiger partial charge in [-0.15, -0.1) is 0 Å². The predicted molar refractivity (Wildman–Crippen MR) is 99.3 cm³/mol. The summed E-state index contributed by atoms with van der Waals surface area (Å²) in [5, 5.41) is 2.73.